The van der Waals surface area contributed by atoms with Gasteiger partial charge in [0, 0.05) is 18.0 Å². The molecule has 0 bridgehead atoms. The molecule has 2 N–H and O–H groups in total. The van der Waals surface area contributed by atoms with Crippen LogP contribution in [-0.4, -0.2) is 25.1 Å². The fourth-order valence-corrected chi connectivity index (χ4v) is 2.15. The molecule has 0 aliphatic carbocycles. The van der Waals surface area contributed by atoms with E-state index in [4.69, 9.17) is 4.74 Å². The van der Waals surface area contributed by atoms with E-state index in [0.29, 0.717) is 19.2 Å². The fourth-order valence-electron chi connectivity index (χ4n) is 2.15. The van der Waals surface area contributed by atoms with Gasteiger partial charge in [-0.15, -0.1) is 0 Å². The molecule has 0 spiro atoms. The van der Waals surface area contributed by atoms with Crippen LogP contribution in [0.2, 0.25) is 0 Å². The summed E-state index contributed by atoms with van der Waals surface area (Å²) in [5.41, 5.74) is 1.07. The molecule has 2 atom stereocenters. The van der Waals surface area contributed by atoms with E-state index in [-0.39, 0.29) is 11.9 Å². The lowest BCUT2D eigenvalue weighted by Crippen LogP contribution is -2.40. The van der Waals surface area contributed by atoms with Crippen LogP contribution < -0.4 is 15.4 Å². The maximum Gasteiger partial charge on any atom is 0.234 e. The number of amides is 1. The average molecular weight is 262 g/mol. The lowest BCUT2D eigenvalue weighted by Gasteiger charge is -2.26. The number of hydrogen-bond acceptors (Lipinski definition) is 3. The first-order valence-corrected chi connectivity index (χ1v) is 6.95. The van der Waals surface area contributed by atoms with Gasteiger partial charge < -0.3 is 15.4 Å². The van der Waals surface area contributed by atoms with E-state index in [9.17, 15) is 4.79 Å². The average Bonchev–Trinajstić information content (AvgIpc) is 2.45. The number of fused-ring (bicyclic) bond motifs is 1. The van der Waals surface area contributed by atoms with Gasteiger partial charge in [0.25, 0.3) is 0 Å². The number of carbonyl (C=O) groups excluding carboxylic acids is 1. The van der Waals surface area contributed by atoms with Gasteiger partial charge in [0.2, 0.25) is 5.91 Å². The van der Waals surface area contributed by atoms with Crippen LogP contribution in [0.4, 0.5) is 0 Å². The van der Waals surface area contributed by atoms with E-state index in [0.717, 1.165) is 24.2 Å². The van der Waals surface area contributed by atoms with Gasteiger partial charge in [0.1, 0.15) is 5.75 Å². The van der Waals surface area contributed by atoms with Crippen LogP contribution >= 0.6 is 0 Å². The van der Waals surface area contributed by atoms with Crippen LogP contribution in [0, 0.1) is 0 Å². The summed E-state index contributed by atoms with van der Waals surface area (Å²) in [6.07, 6.45) is 1.85. The molecule has 19 heavy (non-hydrogen) atoms. The zero-order valence-electron chi connectivity index (χ0n) is 11.6. The molecule has 1 amide bonds. The van der Waals surface area contributed by atoms with Gasteiger partial charge in [-0.1, -0.05) is 25.1 Å². The molecule has 1 heterocycles. The maximum atomic E-state index is 11.9. The van der Waals surface area contributed by atoms with Crippen molar-refractivity contribution >= 4 is 5.91 Å². The Hall–Kier alpha value is -1.55. The molecule has 1 aromatic carbocycles. The minimum Gasteiger partial charge on any atom is -0.493 e. The van der Waals surface area contributed by atoms with Gasteiger partial charge in [0.05, 0.1) is 19.2 Å². The standard InChI is InChI=1S/C15H22N2O2/c1-3-11(2)16-10-15(18)17-13-8-9-19-14-7-5-4-6-12(13)14/h4-7,11,13,16H,3,8-10H2,1-2H3,(H,17,18). The fraction of sp³-hybridized carbons (Fsp3) is 0.533. The highest BCUT2D eigenvalue weighted by atomic mass is 16.5. The normalized spacial score (nSPS) is 19.2. The van der Waals surface area contributed by atoms with Crippen LogP contribution in [0.1, 0.15) is 38.3 Å². The second-order valence-electron chi connectivity index (χ2n) is 4.99. The Morgan fingerprint density at radius 1 is 1.47 bits per heavy atom. The van der Waals surface area contributed by atoms with Crippen molar-refractivity contribution in [3.8, 4) is 5.75 Å². The molecule has 1 aliphatic rings. The zero-order chi connectivity index (χ0) is 13.7. The van der Waals surface area contributed by atoms with Crippen molar-refractivity contribution in [3.63, 3.8) is 0 Å². The van der Waals surface area contributed by atoms with Crippen LogP contribution in [0.15, 0.2) is 24.3 Å². The third-order valence-corrected chi connectivity index (χ3v) is 3.52. The van der Waals surface area contributed by atoms with Gasteiger partial charge in [-0.3, -0.25) is 4.79 Å². The van der Waals surface area contributed by atoms with E-state index < -0.39 is 0 Å². The number of carbonyl (C=O) groups is 1. The molecule has 2 unspecified atom stereocenters. The maximum absolute atomic E-state index is 11.9. The Balaban J connectivity index is 1.91. The molecule has 0 aromatic heterocycles. The van der Waals surface area contributed by atoms with Crippen molar-refractivity contribution in [1.29, 1.82) is 0 Å². The molecule has 0 saturated heterocycles. The number of ether oxygens (including phenoxy) is 1. The largest absolute Gasteiger partial charge is 0.493 e. The molecule has 0 fully saturated rings. The summed E-state index contributed by atoms with van der Waals surface area (Å²) in [6.45, 7) is 5.20. The second-order valence-corrected chi connectivity index (χ2v) is 4.99. The first kappa shape index (κ1) is 13.9. The van der Waals surface area contributed by atoms with Gasteiger partial charge in [0.15, 0.2) is 0 Å². The molecule has 0 saturated carbocycles. The highest BCUT2D eigenvalue weighted by Crippen LogP contribution is 2.31. The van der Waals surface area contributed by atoms with Crippen molar-refractivity contribution < 1.29 is 9.53 Å². The van der Waals surface area contributed by atoms with Gasteiger partial charge in [-0.25, -0.2) is 0 Å². The van der Waals surface area contributed by atoms with Crippen molar-refractivity contribution in [2.24, 2.45) is 0 Å². The first-order valence-electron chi connectivity index (χ1n) is 6.95. The molecule has 104 valence electrons. The van der Waals surface area contributed by atoms with E-state index in [1.165, 1.54) is 0 Å². The highest BCUT2D eigenvalue weighted by Gasteiger charge is 2.22. The summed E-state index contributed by atoms with van der Waals surface area (Å²) >= 11 is 0. The predicted octanol–water partition coefficient (Wildman–Crippen LogP) is 2.01. The molecular formula is C15H22N2O2. The summed E-state index contributed by atoms with van der Waals surface area (Å²) in [4.78, 5) is 11.9. The summed E-state index contributed by atoms with van der Waals surface area (Å²) in [5, 5.41) is 6.28. The van der Waals surface area contributed by atoms with Crippen LogP contribution in [0.5, 0.6) is 5.75 Å². The van der Waals surface area contributed by atoms with Crippen LogP contribution in [0.25, 0.3) is 0 Å². The van der Waals surface area contributed by atoms with Crippen LogP contribution in [-0.2, 0) is 4.79 Å². The first-order chi connectivity index (χ1) is 9.20. The predicted molar refractivity (Wildman–Crippen MR) is 75.2 cm³/mol. The van der Waals surface area contributed by atoms with Crippen molar-refractivity contribution in [2.75, 3.05) is 13.2 Å². The van der Waals surface area contributed by atoms with E-state index in [2.05, 4.69) is 24.5 Å². The Morgan fingerprint density at radius 2 is 2.26 bits per heavy atom. The molecular weight excluding hydrogens is 240 g/mol. The molecule has 2 rings (SSSR count). The molecule has 0 radical (unpaired) electrons. The van der Waals surface area contributed by atoms with Crippen molar-refractivity contribution in [3.05, 3.63) is 29.8 Å². The Morgan fingerprint density at radius 3 is 3.05 bits per heavy atom. The topological polar surface area (TPSA) is 50.4 Å². The van der Waals surface area contributed by atoms with Gasteiger partial charge in [-0.05, 0) is 19.4 Å². The van der Waals surface area contributed by atoms with Crippen molar-refractivity contribution in [1.82, 2.24) is 10.6 Å². The highest BCUT2D eigenvalue weighted by molar-refractivity contribution is 5.78. The number of hydrogen-bond donors (Lipinski definition) is 2. The Bertz CT molecular complexity index is 434. The molecule has 4 heteroatoms. The smallest absolute Gasteiger partial charge is 0.234 e. The quantitative estimate of drug-likeness (QED) is 0.853. The number of benzene rings is 1. The van der Waals surface area contributed by atoms with Gasteiger partial charge >= 0.3 is 0 Å². The minimum absolute atomic E-state index is 0.0435. The minimum atomic E-state index is 0.0435. The van der Waals surface area contributed by atoms with Crippen LogP contribution in [0.3, 0.4) is 0 Å². The third-order valence-electron chi connectivity index (χ3n) is 3.52. The lowest BCUT2D eigenvalue weighted by atomic mass is 10.0. The second kappa shape index (κ2) is 6.57. The summed E-state index contributed by atoms with van der Waals surface area (Å²) in [5.74, 6) is 0.927. The number of rotatable bonds is 5. The molecule has 1 aromatic rings. The summed E-state index contributed by atoms with van der Waals surface area (Å²) in [6, 6.07) is 8.33. The van der Waals surface area contributed by atoms with Crippen molar-refractivity contribution in [2.45, 2.75) is 38.8 Å². The van der Waals surface area contributed by atoms with E-state index in [1.807, 2.05) is 24.3 Å². The van der Waals surface area contributed by atoms with Gasteiger partial charge in [-0.2, -0.15) is 0 Å². The zero-order valence-corrected chi connectivity index (χ0v) is 11.6. The molecule has 1 aliphatic heterocycles. The summed E-state index contributed by atoms with van der Waals surface area (Å²) in [7, 11) is 0. The van der Waals surface area contributed by atoms with E-state index >= 15 is 0 Å². The Kier molecular flexibility index (Phi) is 4.80. The third kappa shape index (κ3) is 3.70. The lowest BCUT2D eigenvalue weighted by molar-refractivity contribution is -0.121. The monoisotopic (exact) mass is 262 g/mol. The Labute approximate surface area is 114 Å². The summed E-state index contributed by atoms with van der Waals surface area (Å²) < 4.78 is 5.58. The number of para-hydroxylation sites is 1. The number of nitrogens with one attached hydrogen (secondary N) is 2. The van der Waals surface area contributed by atoms with E-state index in [1.54, 1.807) is 0 Å². The SMILES string of the molecule is CCC(C)NCC(=O)NC1CCOc2ccccc21. The molecule has 4 nitrogen and oxygen atoms in total.